The van der Waals surface area contributed by atoms with Gasteiger partial charge in [0, 0.05) is 30.7 Å². The minimum atomic E-state index is -3.25. The zero-order valence-electron chi connectivity index (χ0n) is 13.2. The molecule has 0 spiro atoms. The van der Waals surface area contributed by atoms with Gasteiger partial charge in [-0.2, -0.15) is 9.40 Å². The van der Waals surface area contributed by atoms with Crippen LogP contribution in [-0.2, 0) is 14.8 Å². The molecule has 9 nitrogen and oxygen atoms in total. The number of hydrogen-bond acceptors (Lipinski definition) is 5. The number of H-pyrrole nitrogens is 1. The molecule has 2 aromatic rings. The fraction of sp³-hybridized carbons (Fsp3) is 0.429. The second-order valence-corrected chi connectivity index (χ2v) is 7.60. The third-order valence-electron chi connectivity index (χ3n) is 3.76. The van der Waals surface area contributed by atoms with Crippen LogP contribution in [-0.4, -0.2) is 67.6 Å². The Morgan fingerprint density at radius 2 is 2.33 bits per heavy atom. The summed E-state index contributed by atoms with van der Waals surface area (Å²) >= 11 is 0. The van der Waals surface area contributed by atoms with Crippen molar-refractivity contribution >= 4 is 32.6 Å². The number of fused-ring (bicyclic) bond motifs is 1. The Labute approximate surface area is 139 Å². The highest BCUT2D eigenvalue weighted by Crippen LogP contribution is 2.16. The van der Waals surface area contributed by atoms with Gasteiger partial charge < -0.3 is 15.4 Å². The normalized spacial score (nSPS) is 19.3. The number of ether oxygens (including phenoxy) is 1. The van der Waals surface area contributed by atoms with Gasteiger partial charge in [0.05, 0.1) is 30.7 Å². The molecule has 0 aliphatic carbocycles. The molecule has 24 heavy (non-hydrogen) atoms. The first-order chi connectivity index (χ1) is 11.4. The predicted molar refractivity (Wildman–Crippen MR) is 89.3 cm³/mol. The number of hydrogen-bond donors (Lipinski definition) is 3. The van der Waals surface area contributed by atoms with Gasteiger partial charge in [0.15, 0.2) is 0 Å². The van der Waals surface area contributed by atoms with Crippen LogP contribution in [0.25, 0.3) is 10.9 Å². The minimum Gasteiger partial charge on any atom is -0.374 e. The standard InChI is InChI=1S/C14H19N5O4S/c1-24(21,22)19-4-5-23-12(9-19)8-15-14(20)17-11-2-3-13-10(6-11)7-16-18-13/h2-3,6-7,12H,4-5,8-9H2,1H3,(H,16,18)(H2,15,17,20)/t12-/m0/s1. The van der Waals surface area contributed by atoms with Gasteiger partial charge in [0.2, 0.25) is 10.0 Å². The average Bonchev–Trinajstić information content (AvgIpc) is 3.00. The van der Waals surface area contributed by atoms with E-state index >= 15 is 0 Å². The summed E-state index contributed by atoms with van der Waals surface area (Å²) in [5, 5.41) is 13.1. The van der Waals surface area contributed by atoms with E-state index in [1.165, 1.54) is 10.6 Å². The van der Waals surface area contributed by atoms with Gasteiger partial charge in [-0.15, -0.1) is 0 Å². The molecule has 1 aliphatic heterocycles. The fourth-order valence-electron chi connectivity index (χ4n) is 2.52. The van der Waals surface area contributed by atoms with Gasteiger partial charge in [-0.1, -0.05) is 0 Å². The zero-order valence-corrected chi connectivity index (χ0v) is 14.0. The van der Waals surface area contributed by atoms with Crippen LogP contribution in [0.2, 0.25) is 0 Å². The second kappa shape index (κ2) is 6.75. The maximum atomic E-state index is 12.0. The number of aromatic amines is 1. The van der Waals surface area contributed by atoms with Crippen molar-refractivity contribution in [3.8, 4) is 0 Å². The van der Waals surface area contributed by atoms with E-state index in [4.69, 9.17) is 4.74 Å². The van der Waals surface area contributed by atoms with Crippen molar-refractivity contribution in [2.75, 3.05) is 37.8 Å². The SMILES string of the molecule is CS(=O)(=O)N1CCO[C@@H](CNC(=O)Nc2ccc3[nH]ncc3c2)C1. The van der Waals surface area contributed by atoms with E-state index in [9.17, 15) is 13.2 Å². The van der Waals surface area contributed by atoms with Gasteiger partial charge in [0.25, 0.3) is 0 Å². The largest absolute Gasteiger partial charge is 0.374 e. The average molecular weight is 353 g/mol. The molecular weight excluding hydrogens is 334 g/mol. The second-order valence-electron chi connectivity index (χ2n) is 5.62. The smallest absolute Gasteiger partial charge is 0.319 e. The fourth-order valence-corrected chi connectivity index (χ4v) is 3.36. The molecule has 1 atom stereocenters. The molecule has 1 fully saturated rings. The van der Waals surface area contributed by atoms with Crippen LogP contribution >= 0.6 is 0 Å². The van der Waals surface area contributed by atoms with E-state index in [1.54, 1.807) is 18.3 Å². The maximum absolute atomic E-state index is 12.0. The monoisotopic (exact) mass is 353 g/mol. The molecule has 1 aliphatic rings. The number of nitrogens with one attached hydrogen (secondary N) is 3. The zero-order chi connectivity index (χ0) is 17.2. The molecule has 1 aromatic carbocycles. The van der Waals surface area contributed by atoms with Gasteiger partial charge in [-0.3, -0.25) is 5.10 Å². The quantitative estimate of drug-likeness (QED) is 0.733. The Balaban J connectivity index is 1.51. The lowest BCUT2D eigenvalue weighted by Gasteiger charge is -2.31. The van der Waals surface area contributed by atoms with E-state index in [-0.39, 0.29) is 25.2 Å². The minimum absolute atomic E-state index is 0.228. The number of morpholine rings is 1. The molecule has 0 saturated carbocycles. The summed E-state index contributed by atoms with van der Waals surface area (Å²) in [4.78, 5) is 12.0. The summed E-state index contributed by atoms with van der Waals surface area (Å²) in [7, 11) is -3.25. The summed E-state index contributed by atoms with van der Waals surface area (Å²) in [6, 6.07) is 5.02. The Morgan fingerprint density at radius 3 is 3.12 bits per heavy atom. The molecular formula is C14H19N5O4S. The van der Waals surface area contributed by atoms with Crippen LogP contribution in [0, 0.1) is 0 Å². The number of amides is 2. The first-order valence-corrected chi connectivity index (χ1v) is 9.31. The third kappa shape index (κ3) is 4.02. The van der Waals surface area contributed by atoms with Gasteiger partial charge in [-0.05, 0) is 18.2 Å². The molecule has 0 radical (unpaired) electrons. The van der Waals surface area contributed by atoms with Crippen molar-refractivity contribution in [2.24, 2.45) is 0 Å². The Bertz CT molecular complexity index is 835. The van der Waals surface area contributed by atoms with Gasteiger partial charge in [0.1, 0.15) is 0 Å². The summed E-state index contributed by atoms with van der Waals surface area (Å²) in [5.74, 6) is 0. The van der Waals surface area contributed by atoms with E-state index in [1.807, 2.05) is 6.07 Å². The van der Waals surface area contributed by atoms with Crippen LogP contribution in [0.3, 0.4) is 0 Å². The van der Waals surface area contributed by atoms with Gasteiger partial charge >= 0.3 is 6.03 Å². The molecule has 10 heteroatoms. The maximum Gasteiger partial charge on any atom is 0.319 e. The summed E-state index contributed by atoms with van der Waals surface area (Å²) in [6.07, 6.45) is 2.48. The highest BCUT2D eigenvalue weighted by Gasteiger charge is 2.26. The summed E-state index contributed by atoms with van der Waals surface area (Å²) < 4.78 is 30.0. The van der Waals surface area contributed by atoms with Crippen LogP contribution in [0.5, 0.6) is 0 Å². The van der Waals surface area contributed by atoms with Crippen LogP contribution in [0.4, 0.5) is 10.5 Å². The first-order valence-electron chi connectivity index (χ1n) is 7.46. The lowest BCUT2D eigenvalue weighted by Crippen LogP contribution is -2.49. The van der Waals surface area contributed by atoms with Crippen molar-refractivity contribution in [1.29, 1.82) is 0 Å². The van der Waals surface area contributed by atoms with Crippen molar-refractivity contribution in [3.05, 3.63) is 24.4 Å². The Kier molecular flexibility index (Phi) is 4.69. The molecule has 3 N–H and O–H groups in total. The number of benzene rings is 1. The number of rotatable bonds is 4. The number of aromatic nitrogens is 2. The molecule has 2 heterocycles. The lowest BCUT2D eigenvalue weighted by molar-refractivity contribution is 0.00167. The summed E-state index contributed by atoms with van der Waals surface area (Å²) in [5.41, 5.74) is 1.53. The van der Waals surface area contributed by atoms with Crippen molar-refractivity contribution < 1.29 is 17.9 Å². The Hall–Kier alpha value is -2.17. The van der Waals surface area contributed by atoms with Crippen molar-refractivity contribution in [3.63, 3.8) is 0 Å². The van der Waals surface area contributed by atoms with Crippen molar-refractivity contribution in [1.82, 2.24) is 19.8 Å². The highest BCUT2D eigenvalue weighted by molar-refractivity contribution is 7.88. The molecule has 130 valence electrons. The van der Waals surface area contributed by atoms with Crippen LogP contribution < -0.4 is 10.6 Å². The molecule has 0 unspecified atom stereocenters. The number of nitrogens with zero attached hydrogens (tertiary/aromatic N) is 2. The molecule has 1 saturated heterocycles. The molecule has 2 amide bonds. The number of anilines is 1. The Morgan fingerprint density at radius 1 is 1.50 bits per heavy atom. The predicted octanol–water partition coefficient (Wildman–Crippen LogP) is 0.345. The molecule has 1 aromatic heterocycles. The third-order valence-corrected chi connectivity index (χ3v) is 5.03. The number of urea groups is 1. The first kappa shape index (κ1) is 16.7. The van der Waals surface area contributed by atoms with E-state index in [0.717, 1.165) is 10.9 Å². The van der Waals surface area contributed by atoms with E-state index in [2.05, 4.69) is 20.8 Å². The lowest BCUT2D eigenvalue weighted by atomic mass is 10.2. The number of sulfonamides is 1. The molecule has 0 bridgehead atoms. The van der Waals surface area contributed by atoms with Crippen LogP contribution in [0.15, 0.2) is 24.4 Å². The number of carbonyl (C=O) groups is 1. The molecule has 3 rings (SSSR count). The van der Waals surface area contributed by atoms with E-state index < -0.39 is 10.0 Å². The topological polar surface area (TPSA) is 116 Å². The number of carbonyl (C=O) groups excluding carboxylic acids is 1. The van der Waals surface area contributed by atoms with Crippen molar-refractivity contribution in [2.45, 2.75) is 6.10 Å². The summed E-state index contributed by atoms with van der Waals surface area (Å²) in [6.45, 7) is 1.12. The van der Waals surface area contributed by atoms with E-state index in [0.29, 0.717) is 18.8 Å². The van der Waals surface area contributed by atoms with Crippen LogP contribution in [0.1, 0.15) is 0 Å². The highest BCUT2D eigenvalue weighted by atomic mass is 32.2. The van der Waals surface area contributed by atoms with Gasteiger partial charge in [-0.25, -0.2) is 13.2 Å².